The number of rotatable bonds is 2. The van der Waals surface area contributed by atoms with Gasteiger partial charge < -0.3 is 5.11 Å². The van der Waals surface area contributed by atoms with Crippen LogP contribution < -0.4 is 0 Å². The second-order valence-corrected chi connectivity index (χ2v) is 4.16. The van der Waals surface area contributed by atoms with Crippen LogP contribution >= 0.6 is 0 Å². The third-order valence-corrected chi connectivity index (χ3v) is 2.96. The van der Waals surface area contributed by atoms with E-state index in [4.69, 9.17) is 5.11 Å². The van der Waals surface area contributed by atoms with Crippen molar-refractivity contribution in [3.05, 3.63) is 40.5 Å². The highest BCUT2D eigenvalue weighted by Crippen LogP contribution is 2.30. The zero-order chi connectivity index (χ0) is 11.0. The van der Waals surface area contributed by atoms with Gasteiger partial charge >= 0.3 is 5.97 Å². The van der Waals surface area contributed by atoms with Gasteiger partial charge in [0.15, 0.2) is 0 Å². The number of benzene rings is 1. The summed E-state index contributed by atoms with van der Waals surface area (Å²) < 4.78 is 0. The third kappa shape index (κ3) is 1.80. The number of hydrogen-bond acceptors (Lipinski definition) is 1. The van der Waals surface area contributed by atoms with Crippen LogP contribution in [0.2, 0.25) is 0 Å². The second kappa shape index (κ2) is 3.54. The van der Waals surface area contributed by atoms with Gasteiger partial charge in [0.2, 0.25) is 0 Å². The maximum Gasteiger partial charge on any atom is 0.310 e. The predicted octanol–water partition coefficient (Wildman–Crippen LogP) is 2.66. The molecule has 2 heteroatoms. The topological polar surface area (TPSA) is 37.3 Å². The van der Waals surface area contributed by atoms with Crippen molar-refractivity contribution < 1.29 is 9.90 Å². The molecule has 0 heterocycles. The predicted molar refractivity (Wildman–Crippen MR) is 59.7 cm³/mol. The van der Waals surface area contributed by atoms with Crippen molar-refractivity contribution in [3.8, 4) is 0 Å². The van der Waals surface area contributed by atoms with Crippen LogP contribution in [-0.4, -0.2) is 11.1 Å². The van der Waals surface area contributed by atoms with Crippen LogP contribution in [0.1, 0.15) is 23.6 Å². The SMILES string of the molecule is Cc1ccc2c(c1)CC(C(C)C(=O)O)=C2. The summed E-state index contributed by atoms with van der Waals surface area (Å²) in [6, 6.07) is 6.25. The third-order valence-electron chi connectivity index (χ3n) is 2.96. The lowest BCUT2D eigenvalue weighted by Gasteiger charge is -2.06. The molecule has 0 aromatic heterocycles. The summed E-state index contributed by atoms with van der Waals surface area (Å²) in [5, 5.41) is 8.94. The fraction of sp³-hybridized carbons (Fsp3) is 0.308. The fourth-order valence-electron chi connectivity index (χ4n) is 1.94. The number of aliphatic carboxylic acids is 1. The van der Waals surface area contributed by atoms with Crippen LogP contribution in [-0.2, 0) is 11.2 Å². The molecule has 78 valence electrons. The zero-order valence-electron chi connectivity index (χ0n) is 8.95. The van der Waals surface area contributed by atoms with Gasteiger partial charge in [-0.3, -0.25) is 4.79 Å². The van der Waals surface area contributed by atoms with E-state index in [-0.39, 0.29) is 5.92 Å². The Bertz CT molecular complexity index is 444. The highest BCUT2D eigenvalue weighted by atomic mass is 16.4. The molecule has 1 aliphatic rings. The minimum atomic E-state index is -0.745. The zero-order valence-corrected chi connectivity index (χ0v) is 8.95. The molecule has 1 unspecified atom stereocenters. The van der Waals surface area contributed by atoms with Gasteiger partial charge in [0.05, 0.1) is 5.92 Å². The minimum Gasteiger partial charge on any atom is -0.481 e. The van der Waals surface area contributed by atoms with Gasteiger partial charge in [-0.2, -0.15) is 0 Å². The molecule has 2 rings (SSSR count). The largest absolute Gasteiger partial charge is 0.481 e. The molecule has 0 saturated heterocycles. The van der Waals surface area contributed by atoms with Crippen LogP contribution in [0.15, 0.2) is 23.8 Å². The van der Waals surface area contributed by atoms with E-state index in [9.17, 15) is 4.79 Å². The first-order valence-corrected chi connectivity index (χ1v) is 5.10. The molecular formula is C13H14O2. The van der Waals surface area contributed by atoms with Crippen molar-refractivity contribution in [3.63, 3.8) is 0 Å². The second-order valence-electron chi connectivity index (χ2n) is 4.16. The first-order valence-electron chi connectivity index (χ1n) is 5.10. The molecule has 0 saturated carbocycles. The number of aryl methyl sites for hydroxylation is 1. The van der Waals surface area contributed by atoms with Gasteiger partial charge in [-0.15, -0.1) is 0 Å². The van der Waals surface area contributed by atoms with E-state index in [2.05, 4.69) is 25.1 Å². The molecule has 0 spiro atoms. The summed E-state index contributed by atoms with van der Waals surface area (Å²) >= 11 is 0. The Labute approximate surface area is 89.2 Å². The average Bonchev–Trinajstić information content (AvgIpc) is 2.58. The summed E-state index contributed by atoms with van der Waals surface area (Å²) in [6.07, 6.45) is 2.79. The van der Waals surface area contributed by atoms with E-state index in [0.29, 0.717) is 0 Å². The Morgan fingerprint density at radius 3 is 2.87 bits per heavy atom. The Hall–Kier alpha value is -1.57. The molecule has 1 aliphatic carbocycles. The maximum atomic E-state index is 10.9. The molecule has 0 amide bonds. The average molecular weight is 202 g/mol. The van der Waals surface area contributed by atoms with Gasteiger partial charge in [0.1, 0.15) is 0 Å². The molecule has 1 N–H and O–H groups in total. The number of fused-ring (bicyclic) bond motifs is 1. The van der Waals surface area contributed by atoms with Gasteiger partial charge in [-0.25, -0.2) is 0 Å². The highest BCUT2D eigenvalue weighted by Gasteiger charge is 2.21. The van der Waals surface area contributed by atoms with Crippen LogP contribution in [0.3, 0.4) is 0 Å². The Morgan fingerprint density at radius 2 is 2.20 bits per heavy atom. The van der Waals surface area contributed by atoms with Crippen LogP contribution in [0.25, 0.3) is 6.08 Å². The highest BCUT2D eigenvalue weighted by molar-refractivity contribution is 5.78. The smallest absolute Gasteiger partial charge is 0.310 e. The van der Waals surface area contributed by atoms with Gasteiger partial charge in [0.25, 0.3) is 0 Å². The lowest BCUT2D eigenvalue weighted by molar-refractivity contribution is -0.139. The van der Waals surface area contributed by atoms with Gasteiger partial charge in [0, 0.05) is 0 Å². The number of hydrogen-bond donors (Lipinski definition) is 1. The molecule has 0 aliphatic heterocycles. The monoisotopic (exact) mass is 202 g/mol. The number of carboxylic acids is 1. The molecule has 2 nitrogen and oxygen atoms in total. The lowest BCUT2D eigenvalue weighted by atomic mass is 9.99. The Morgan fingerprint density at radius 1 is 1.47 bits per heavy atom. The normalized spacial score (nSPS) is 15.7. The van der Waals surface area contributed by atoms with Crippen LogP contribution in [0.5, 0.6) is 0 Å². The summed E-state index contributed by atoms with van der Waals surface area (Å²) in [5.74, 6) is -1.12. The van der Waals surface area contributed by atoms with Crippen molar-refractivity contribution in [1.82, 2.24) is 0 Å². The molecule has 1 atom stereocenters. The maximum absolute atomic E-state index is 10.9. The molecule has 15 heavy (non-hydrogen) atoms. The van der Waals surface area contributed by atoms with Crippen molar-refractivity contribution in [2.75, 3.05) is 0 Å². The van der Waals surface area contributed by atoms with Crippen molar-refractivity contribution in [2.24, 2.45) is 5.92 Å². The van der Waals surface area contributed by atoms with Crippen molar-refractivity contribution in [1.29, 1.82) is 0 Å². The van der Waals surface area contributed by atoms with E-state index in [1.165, 1.54) is 16.7 Å². The summed E-state index contributed by atoms with van der Waals surface area (Å²) in [7, 11) is 0. The van der Waals surface area contributed by atoms with Crippen molar-refractivity contribution >= 4 is 12.0 Å². The lowest BCUT2D eigenvalue weighted by Crippen LogP contribution is -2.12. The number of carboxylic acid groups (broad SMARTS) is 1. The summed E-state index contributed by atoms with van der Waals surface area (Å²) in [4.78, 5) is 10.9. The van der Waals surface area contributed by atoms with Crippen LogP contribution in [0, 0.1) is 12.8 Å². The van der Waals surface area contributed by atoms with E-state index in [0.717, 1.165) is 12.0 Å². The quantitative estimate of drug-likeness (QED) is 0.800. The van der Waals surface area contributed by atoms with Crippen LogP contribution in [0.4, 0.5) is 0 Å². The first-order chi connectivity index (χ1) is 7.08. The van der Waals surface area contributed by atoms with E-state index in [1.807, 2.05) is 6.08 Å². The van der Waals surface area contributed by atoms with Gasteiger partial charge in [-0.1, -0.05) is 35.4 Å². The van der Waals surface area contributed by atoms with E-state index < -0.39 is 5.97 Å². The number of carbonyl (C=O) groups is 1. The minimum absolute atomic E-state index is 0.377. The molecular weight excluding hydrogens is 188 g/mol. The first kappa shape index (κ1) is 9.97. The molecule has 0 radical (unpaired) electrons. The Kier molecular flexibility index (Phi) is 2.35. The fourth-order valence-corrected chi connectivity index (χ4v) is 1.94. The molecule has 1 aromatic rings. The molecule has 0 fully saturated rings. The molecule has 1 aromatic carbocycles. The Balaban J connectivity index is 2.29. The standard InChI is InChI=1S/C13H14O2/c1-8-3-4-10-6-11(7-12(10)5-8)9(2)13(14)15/h3-6,9H,7H2,1-2H3,(H,14,15). The van der Waals surface area contributed by atoms with E-state index in [1.54, 1.807) is 6.92 Å². The summed E-state index contributed by atoms with van der Waals surface area (Å²) in [5.41, 5.74) is 4.65. The van der Waals surface area contributed by atoms with Gasteiger partial charge in [-0.05, 0) is 31.4 Å². The van der Waals surface area contributed by atoms with Crippen molar-refractivity contribution in [2.45, 2.75) is 20.3 Å². The summed E-state index contributed by atoms with van der Waals surface area (Å²) in [6.45, 7) is 3.80. The van der Waals surface area contributed by atoms with E-state index >= 15 is 0 Å². The molecule has 0 bridgehead atoms.